The first kappa shape index (κ1) is 26.2. The van der Waals surface area contributed by atoms with E-state index >= 15 is 4.39 Å². The Balaban J connectivity index is 1.45. The third-order valence-corrected chi connectivity index (χ3v) is 6.70. The number of halogens is 3. The van der Waals surface area contributed by atoms with Gasteiger partial charge in [0.25, 0.3) is 0 Å². The van der Waals surface area contributed by atoms with Gasteiger partial charge in [-0.2, -0.15) is 0 Å². The van der Waals surface area contributed by atoms with E-state index in [4.69, 9.17) is 9.47 Å². The zero-order valence-electron chi connectivity index (χ0n) is 20.9. The molecule has 1 heterocycles. The van der Waals surface area contributed by atoms with E-state index in [1.807, 2.05) is 26.0 Å². The summed E-state index contributed by atoms with van der Waals surface area (Å²) in [4.78, 5) is 0. The van der Waals surface area contributed by atoms with Crippen molar-refractivity contribution in [3.63, 3.8) is 0 Å². The van der Waals surface area contributed by atoms with Crippen molar-refractivity contribution in [3.05, 3.63) is 95.3 Å². The summed E-state index contributed by atoms with van der Waals surface area (Å²) in [5.74, 6) is -1.99. The number of aryl methyl sites for hydroxylation is 1. The lowest BCUT2D eigenvalue weighted by Crippen LogP contribution is -2.30. The molecule has 4 rings (SSSR count). The monoisotopic (exact) mass is 494 g/mol. The maximum absolute atomic E-state index is 15.1. The second-order valence-corrected chi connectivity index (χ2v) is 9.26. The highest BCUT2D eigenvalue weighted by Gasteiger charge is 2.24. The summed E-state index contributed by atoms with van der Waals surface area (Å²) in [7, 11) is 0. The van der Waals surface area contributed by atoms with Crippen molar-refractivity contribution >= 4 is 0 Å². The molecule has 0 atom stereocenters. The van der Waals surface area contributed by atoms with E-state index in [-0.39, 0.29) is 23.6 Å². The summed E-state index contributed by atoms with van der Waals surface area (Å²) < 4.78 is 55.9. The van der Waals surface area contributed by atoms with Gasteiger partial charge in [0.1, 0.15) is 5.82 Å². The molecule has 1 saturated heterocycles. The molecule has 0 spiro atoms. The fourth-order valence-corrected chi connectivity index (χ4v) is 4.52. The van der Waals surface area contributed by atoms with Crippen molar-refractivity contribution < 1.29 is 22.6 Å². The SMILES string of the molecule is CC=CCCC1OCC(c2ccc(-c3ccc(-c4ccc(CCCC)c(F)c4F)cc3)c(F)c2)CO1. The molecule has 0 aliphatic carbocycles. The van der Waals surface area contributed by atoms with Gasteiger partial charge in [0.05, 0.1) is 13.2 Å². The van der Waals surface area contributed by atoms with Crippen LogP contribution in [0.2, 0.25) is 0 Å². The number of unbranched alkanes of at least 4 members (excludes halogenated alkanes) is 1. The summed E-state index contributed by atoms with van der Waals surface area (Å²) >= 11 is 0. The van der Waals surface area contributed by atoms with Crippen molar-refractivity contribution in [2.75, 3.05) is 13.2 Å². The molecule has 0 amide bonds. The summed E-state index contributed by atoms with van der Waals surface area (Å²) in [6, 6.07) is 15.3. The number of allylic oxidation sites excluding steroid dienone is 2. The van der Waals surface area contributed by atoms with E-state index in [0.717, 1.165) is 31.2 Å². The predicted octanol–water partition coefficient (Wildman–Crippen LogP) is 8.59. The Hall–Kier alpha value is -2.89. The lowest BCUT2D eigenvalue weighted by Gasteiger charge is -2.29. The second kappa shape index (κ2) is 12.4. The normalized spacial score (nSPS) is 18.1. The molecule has 0 N–H and O–H groups in total. The van der Waals surface area contributed by atoms with Crippen LogP contribution in [0.3, 0.4) is 0 Å². The van der Waals surface area contributed by atoms with Crippen LogP contribution in [0.5, 0.6) is 0 Å². The van der Waals surface area contributed by atoms with Crippen LogP contribution in [0.25, 0.3) is 22.3 Å². The lowest BCUT2D eigenvalue weighted by molar-refractivity contribution is -0.189. The number of ether oxygens (including phenoxy) is 2. The molecule has 5 heteroatoms. The Labute approximate surface area is 211 Å². The average molecular weight is 495 g/mol. The summed E-state index contributed by atoms with van der Waals surface area (Å²) in [6.45, 7) is 4.99. The van der Waals surface area contributed by atoms with Crippen LogP contribution in [0.1, 0.15) is 56.6 Å². The minimum Gasteiger partial charge on any atom is -0.352 e. The van der Waals surface area contributed by atoms with Gasteiger partial charge in [-0.1, -0.05) is 74.0 Å². The minimum absolute atomic E-state index is 0.0212. The molecule has 0 bridgehead atoms. The second-order valence-electron chi connectivity index (χ2n) is 9.26. The zero-order valence-corrected chi connectivity index (χ0v) is 20.9. The molecule has 0 saturated carbocycles. The van der Waals surface area contributed by atoms with Gasteiger partial charge >= 0.3 is 0 Å². The molecule has 0 unspecified atom stereocenters. The molecule has 0 aromatic heterocycles. The molecule has 1 aliphatic heterocycles. The molecule has 190 valence electrons. The maximum Gasteiger partial charge on any atom is 0.166 e. The molecular formula is C31H33F3O2. The van der Waals surface area contributed by atoms with E-state index in [0.29, 0.717) is 41.9 Å². The zero-order chi connectivity index (χ0) is 25.5. The average Bonchev–Trinajstić information content (AvgIpc) is 2.90. The fourth-order valence-electron chi connectivity index (χ4n) is 4.52. The number of hydrogen-bond acceptors (Lipinski definition) is 2. The van der Waals surface area contributed by atoms with Gasteiger partial charge in [-0.05, 0) is 54.5 Å². The topological polar surface area (TPSA) is 18.5 Å². The Morgan fingerprint density at radius 2 is 1.53 bits per heavy atom. The van der Waals surface area contributed by atoms with Gasteiger partial charge in [0.2, 0.25) is 0 Å². The standard InChI is InChI=1S/C31H33F3O2/c1-3-5-7-9-29-35-19-25(20-36-29)24-15-16-26(28(32)18-24)21-10-12-22(13-11-21)27-17-14-23(8-6-4-2)30(33)31(27)34/h3,5,10-18,25,29H,4,6-9,19-20H2,1-2H3. The van der Waals surface area contributed by atoms with Crippen molar-refractivity contribution in [1.82, 2.24) is 0 Å². The largest absolute Gasteiger partial charge is 0.352 e. The van der Waals surface area contributed by atoms with Crippen molar-refractivity contribution in [3.8, 4) is 22.3 Å². The molecule has 2 nitrogen and oxygen atoms in total. The maximum atomic E-state index is 15.1. The van der Waals surface area contributed by atoms with Crippen LogP contribution in [-0.2, 0) is 15.9 Å². The molecule has 1 fully saturated rings. The van der Waals surface area contributed by atoms with Gasteiger partial charge in [-0.25, -0.2) is 13.2 Å². The first-order chi connectivity index (χ1) is 17.5. The molecular weight excluding hydrogens is 461 g/mol. The highest BCUT2D eigenvalue weighted by molar-refractivity contribution is 5.71. The van der Waals surface area contributed by atoms with E-state index < -0.39 is 11.6 Å². The first-order valence-electron chi connectivity index (χ1n) is 12.7. The van der Waals surface area contributed by atoms with Gasteiger partial charge in [-0.3, -0.25) is 0 Å². The van der Waals surface area contributed by atoms with Crippen LogP contribution in [0.4, 0.5) is 13.2 Å². The Kier molecular flexibility index (Phi) is 9.00. The van der Waals surface area contributed by atoms with Gasteiger partial charge in [-0.15, -0.1) is 0 Å². The van der Waals surface area contributed by atoms with E-state index in [2.05, 4.69) is 6.08 Å². The highest BCUT2D eigenvalue weighted by atomic mass is 19.2. The number of hydrogen-bond donors (Lipinski definition) is 0. The summed E-state index contributed by atoms with van der Waals surface area (Å²) in [5.41, 5.74) is 3.11. The fraction of sp³-hybridized carbons (Fsp3) is 0.355. The van der Waals surface area contributed by atoms with E-state index in [1.54, 1.807) is 42.5 Å². The van der Waals surface area contributed by atoms with Crippen molar-refractivity contribution in [2.24, 2.45) is 0 Å². The predicted molar refractivity (Wildman–Crippen MR) is 138 cm³/mol. The van der Waals surface area contributed by atoms with Crippen LogP contribution >= 0.6 is 0 Å². The van der Waals surface area contributed by atoms with E-state index in [1.165, 1.54) is 6.07 Å². The molecule has 3 aromatic rings. The van der Waals surface area contributed by atoms with Gasteiger partial charge < -0.3 is 9.47 Å². The molecule has 0 radical (unpaired) electrons. The highest BCUT2D eigenvalue weighted by Crippen LogP contribution is 2.32. The van der Waals surface area contributed by atoms with Crippen LogP contribution in [-0.4, -0.2) is 19.5 Å². The number of rotatable bonds is 9. The minimum atomic E-state index is -0.840. The third-order valence-electron chi connectivity index (χ3n) is 6.70. The van der Waals surface area contributed by atoms with Crippen molar-refractivity contribution in [1.29, 1.82) is 0 Å². The Bertz CT molecular complexity index is 1180. The smallest absolute Gasteiger partial charge is 0.166 e. The quantitative estimate of drug-likeness (QED) is 0.277. The van der Waals surface area contributed by atoms with Crippen LogP contribution < -0.4 is 0 Å². The first-order valence-corrected chi connectivity index (χ1v) is 12.7. The summed E-state index contributed by atoms with van der Waals surface area (Å²) in [5, 5.41) is 0. The third kappa shape index (κ3) is 6.08. The van der Waals surface area contributed by atoms with Crippen LogP contribution in [0, 0.1) is 17.5 Å². The molecule has 3 aromatic carbocycles. The Morgan fingerprint density at radius 3 is 2.17 bits per heavy atom. The van der Waals surface area contributed by atoms with E-state index in [9.17, 15) is 8.78 Å². The summed E-state index contributed by atoms with van der Waals surface area (Å²) in [6.07, 6.45) is 7.83. The van der Waals surface area contributed by atoms with Gasteiger partial charge in [0.15, 0.2) is 17.9 Å². The molecule has 1 aliphatic rings. The van der Waals surface area contributed by atoms with Crippen LogP contribution in [0.15, 0.2) is 66.7 Å². The Morgan fingerprint density at radius 1 is 0.861 bits per heavy atom. The van der Waals surface area contributed by atoms with Crippen molar-refractivity contribution in [2.45, 2.75) is 58.2 Å². The number of benzene rings is 3. The lowest BCUT2D eigenvalue weighted by atomic mass is 9.94. The molecule has 36 heavy (non-hydrogen) atoms. The van der Waals surface area contributed by atoms with Gasteiger partial charge in [0, 0.05) is 23.5 Å².